The first kappa shape index (κ1) is 14.2. The van der Waals surface area contributed by atoms with E-state index in [1.54, 1.807) is 30.0 Å². The van der Waals surface area contributed by atoms with Crippen molar-refractivity contribution in [3.05, 3.63) is 47.7 Å². The van der Waals surface area contributed by atoms with Gasteiger partial charge in [0.2, 0.25) is 0 Å². The van der Waals surface area contributed by atoms with Crippen LogP contribution in [0.2, 0.25) is 5.15 Å². The second-order valence-electron chi connectivity index (χ2n) is 3.65. The predicted molar refractivity (Wildman–Crippen MR) is 78.3 cm³/mol. The third-order valence-electron chi connectivity index (χ3n) is 2.33. The molecule has 0 saturated heterocycles. The summed E-state index contributed by atoms with van der Waals surface area (Å²) in [4.78, 5) is 4.82. The minimum atomic E-state index is -3.64. The second-order valence-corrected chi connectivity index (χ2v) is 6.60. The molecule has 1 aromatic carbocycles. The van der Waals surface area contributed by atoms with E-state index in [1.807, 2.05) is 12.3 Å². The van der Waals surface area contributed by atoms with Crippen molar-refractivity contribution in [2.75, 3.05) is 11.0 Å². The van der Waals surface area contributed by atoms with E-state index in [9.17, 15) is 8.42 Å². The number of halogens is 1. The number of sulfonamides is 1. The first-order chi connectivity index (χ1) is 9.01. The molecule has 1 heterocycles. The Labute approximate surface area is 121 Å². The highest BCUT2D eigenvalue weighted by atomic mass is 35.5. The molecular weight excluding hydrogens is 304 g/mol. The summed E-state index contributed by atoms with van der Waals surface area (Å²) in [6.07, 6.45) is 3.28. The number of nitrogens with one attached hydrogen (secondary N) is 1. The fraction of sp³-hybridized carbons (Fsp3) is 0.0833. The third kappa shape index (κ3) is 3.62. The van der Waals surface area contributed by atoms with Gasteiger partial charge in [-0.15, -0.1) is 11.8 Å². The normalized spacial score (nSPS) is 11.3. The summed E-state index contributed by atoms with van der Waals surface area (Å²) >= 11 is 7.24. The lowest BCUT2D eigenvalue weighted by Gasteiger charge is -2.09. The Morgan fingerprint density at radius 3 is 2.74 bits per heavy atom. The van der Waals surface area contributed by atoms with Crippen molar-refractivity contribution in [1.82, 2.24) is 4.98 Å². The van der Waals surface area contributed by atoms with Crippen molar-refractivity contribution in [3.8, 4) is 0 Å². The summed E-state index contributed by atoms with van der Waals surface area (Å²) in [6, 6.07) is 9.87. The molecule has 0 aliphatic rings. The Hall–Kier alpha value is -1.24. The van der Waals surface area contributed by atoms with Crippen LogP contribution in [0.25, 0.3) is 0 Å². The van der Waals surface area contributed by atoms with E-state index in [1.165, 1.54) is 18.3 Å². The SMILES string of the molecule is CSc1cccc(NS(=O)(=O)c2ccnc(Cl)c2)c1. The lowest BCUT2D eigenvalue weighted by molar-refractivity contribution is 0.601. The molecular formula is C12H11ClN2O2S2. The lowest BCUT2D eigenvalue weighted by Crippen LogP contribution is -2.13. The molecule has 2 aromatic rings. The zero-order valence-electron chi connectivity index (χ0n) is 10.00. The van der Waals surface area contributed by atoms with Crippen LogP contribution in [0.1, 0.15) is 0 Å². The summed E-state index contributed by atoms with van der Waals surface area (Å²) in [5.74, 6) is 0. The van der Waals surface area contributed by atoms with Crippen LogP contribution in [0.15, 0.2) is 52.4 Å². The maximum atomic E-state index is 12.1. The highest BCUT2D eigenvalue weighted by Crippen LogP contribution is 2.22. The Balaban J connectivity index is 2.31. The number of rotatable bonds is 4. The van der Waals surface area contributed by atoms with Crippen LogP contribution in [0.5, 0.6) is 0 Å². The summed E-state index contributed by atoms with van der Waals surface area (Å²) in [7, 11) is -3.64. The van der Waals surface area contributed by atoms with E-state index in [0.717, 1.165) is 4.90 Å². The standard InChI is InChI=1S/C12H11ClN2O2S2/c1-18-10-4-2-3-9(7-10)15-19(16,17)11-5-6-14-12(13)8-11/h2-8,15H,1H3. The number of benzene rings is 1. The average molecular weight is 315 g/mol. The van der Waals surface area contributed by atoms with Gasteiger partial charge in [-0.25, -0.2) is 13.4 Å². The molecule has 1 aromatic heterocycles. The maximum absolute atomic E-state index is 12.1. The van der Waals surface area contributed by atoms with Gasteiger partial charge in [0, 0.05) is 16.8 Å². The zero-order valence-corrected chi connectivity index (χ0v) is 12.4. The molecule has 0 amide bonds. The van der Waals surface area contributed by atoms with Gasteiger partial charge in [0.15, 0.2) is 0 Å². The van der Waals surface area contributed by atoms with Gasteiger partial charge in [-0.2, -0.15) is 0 Å². The van der Waals surface area contributed by atoms with Crippen molar-refractivity contribution in [3.63, 3.8) is 0 Å². The van der Waals surface area contributed by atoms with Crippen LogP contribution in [0, 0.1) is 0 Å². The average Bonchev–Trinajstić information content (AvgIpc) is 2.38. The van der Waals surface area contributed by atoms with Crippen LogP contribution in [0.3, 0.4) is 0 Å². The van der Waals surface area contributed by atoms with Gasteiger partial charge < -0.3 is 0 Å². The molecule has 0 bridgehead atoms. The summed E-state index contributed by atoms with van der Waals surface area (Å²) in [5.41, 5.74) is 0.514. The number of thioether (sulfide) groups is 1. The molecule has 4 nitrogen and oxygen atoms in total. The molecule has 0 aliphatic carbocycles. The molecule has 2 rings (SSSR count). The number of aromatic nitrogens is 1. The van der Waals surface area contributed by atoms with Crippen LogP contribution in [0.4, 0.5) is 5.69 Å². The highest BCUT2D eigenvalue weighted by molar-refractivity contribution is 7.98. The van der Waals surface area contributed by atoms with Crippen LogP contribution < -0.4 is 4.72 Å². The van der Waals surface area contributed by atoms with Crippen molar-refractivity contribution >= 4 is 39.1 Å². The van der Waals surface area contributed by atoms with Gasteiger partial charge in [-0.1, -0.05) is 17.7 Å². The third-order valence-corrected chi connectivity index (χ3v) is 4.64. The van der Waals surface area contributed by atoms with Crippen molar-refractivity contribution in [2.45, 2.75) is 9.79 Å². The molecule has 0 spiro atoms. The molecule has 0 saturated carbocycles. The van der Waals surface area contributed by atoms with E-state index in [4.69, 9.17) is 11.6 Å². The molecule has 0 radical (unpaired) electrons. The van der Waals surface area contributed by atoms with Gasteiger partial charge >= 0.3 is 0 Å². The Kier molecular flexibility index (Phi) is 4.34. The van der Waals surface area contributed by atoms with Gasteiger partial charge in [-0.3, -0.25) is 4.72 Å². The first-order valence-electron chi connectivity index (χ1n) is 5.30. The van der Waals surface area contributed by atoms with Crippen LogP contribution >= 0.6 is 23.4 Å². The minimum Gasteiger partial charge on any atom is -0.280 e. The van der Waals surface area contributed by atoms with Gasteiger partial charge in [0.05, 0.1) is 4.90 Å². The fourth-order valence-electron chi connectivity index (χ4n) is 1.45. The molecule has 0 atom stereocenters. The Morgan fingerprint density at radius 1 is 1.26 bits per heavy atom. The molecule has 0 aliphatic heterocycles. The molecule has 19 heavy (non-hydrogen) atoms. The summed E-state index contributed by atoms with van der Waals surface area (Å²) in [5, 5.41) is 0.140. The van der Waals surface area contributed by atoms with Gasteiger partial charge in [0.25, 0.3) is 10.0 Å². The van der Waals surface area contributed by atoms with E-state index < -0.39 is 10.0 Å². The quantitative estimate of drug-likeness (QED) is 0.695. The number of pyridine rings is 1. The van der Waals surface area contributed by atoms with Crippen LogP contribution in [-0.2, 0) is 10.0 Å². The Morgan fingerprint density at radius 2 is 2.05 bits per heavy atom. The topological polar surface area (TPSA) is 59.1 Å². The number of hydrogen-bond donors (Lipinski definition) is 1. The maximum Gasteiger partial charge on any atom is 0.262 e. The van der Waals surface area contributed by atoms with Gasteiger partial charge in [0.1, 0.15) is 5.15 Å². The largest absolute Gasteiger partial charge is 0.280 e. The second kappa shape index (κ2) is 5.81. The van der Waals surface area contributed by atoms with Crippen molar-refractivity contribution < 1.29 is 8.42 Å². The monoisotopic (exact) mass is 314 g/mol. The predicted octanol–water partition coefficient (Wildman–Crippen LogP) is 3.26. The zero-order chi connectivity index (χ0) is 13.9. The molecule has 1 N–H and O–H groups in total. The molecule has 0 fully saturated rings. The van der Waals surface area contributed by atoms with E-state index >= 15 is 0 Å². The molecule has 0 unspecified atom stereocenters. The van der Waals surface area contributed by atoms with Crippen molar-refractivity contribution in [1.29, 1.82) is 0 Å². The smallest absolute Gasteiger partial charge is 0.262 e. The van der Waals surface area contributed by atoms with E-state index in [0.29, 0.717) is 5.69 Å². The molecule has 100 valence electrons. The highest BCUT2D eigenvalue weighted by Gasteiger charge is 2.14. The summed E-state index contributed by atoms with van der Waals surface area (Å²) < 4.78 is 26.8. The number of anilines is 1. The van der Waals surface area contributed by atoms with Gasteiger partial charge in [-0.05, 0) is 36.6 Å². The summed E-state index contributed by atoms with van der Waals surface area (Å²) in [6.45, 7) is 0. The Bertz CT molecular complexity index is 690. The number of hydrogen-bond acceptors (Lipinski definition) is 4. The van der Waals surface area contributed by atoms with Crippen LogP contribution in [-0.4, -0.2) is 19.7 Å². The first-order valence-corrected chi connectivity index (χ1v) is 8.38. The fourth-order valence-corrected chi connectivity index (χ4v) is 3.21. The van der Waals surface area contributed by atoms with E-state index in [2.05, 4.69) is 9.71 Å². The lowest BCUT2D eigenvalue weighted by atomic mass is 10.3. The number of nitrogens with zero attached hydrogens (tertiary/aromatic N) is 1. The van der Waals surface area contributed by atoms with Crippen molar-refractivity contribution in [2.24, 2.45) is 0 Å². The van der Waals surface area contributed by atoms with E-state index in [-0.39, 0.29) is 10.0 Å². The molecule has 7 heteroatoms. The minimum absolute atomic E-state index is 0.0852.